The highest BCUT2D eigenvalue weighted by Crippen LogP contribution is 2.42. The van der Waals surface area contributed by atoms with Gasteiger partial charge < -0.3 is 5.73 Å². The number of hydrogen-bond acceptors (Lipinski definition) is 2. The lowest BCUT2D eigenvalue weighted by Gasteiger charge is -2.13. The van der Waals surface area contributed by atoms with Crippen LogP contribution in [0.1, 0.15) is 30.1 Å². The van der Waals surface area contributed by atoms with Crippen LogP contribution in [-0.4, -0.2) is 9.55 Å². The van der Waals surface area contributed by atoms with Crippen LogP contribution in [0.3, 0.4) is 0 Å². The van der Waals surface area contributed by atoms with Gasteiger partial charge >= 0.3 is 0 Å². The number of rotatable bonds is 2. The van der Waals surface area contributed by atoms with Crippen molar-refractivity contribution in [2.45, 2.75) is 25.7 Å². The molecule has 1 heterocycles. The fraction of sp³-hybridized carbons (Fsp3) is 0.235. The van der Waals surface area contributed by atoms with Crippen LogP contribution in [0.25, 0.3) is 16.7 Å². The van der Waals surface area contributed by atoms with Gasteiger partial charge in [-0.2, -0.15) is 0 Å². The van der Waals surface area contributed by atoms with Gasteiger partial charge in [-0.25, -0.2) is 4.98 Å². The lowest BCUT2D eigenvalue weighted by molar-refractivity contribution is 0.891. The zero-order chi connectivity index (χ0) is 14.6. The van der Waals surface area contributed by atoms with Crippen molar-refractivity contribution in [3.63, 3.8) is 0 Å². The Bertz CT molecular complexity index is 847. The maximum absolute atomic E-state index is 5.91. The topological polar surface area (TPSA) is 43.8 Å². The van der Waals surface area contributed by atoms with Crippen molar-refractivity contribution >= 4 is 32.7 Å². The van der Waals surface area contributed by atoms with Crippen LogP contribution >= 0.6 is 15.9 Å². The van der Waals surface area contributed by atoms with E-state index in [0.29, 0.717) is 5.92 Å². The molecule has 0 spiro atoms. The Kier molecular flexibility index (Phi) is 2.82. The van der Waals surface area contributed by atoms with Crippen LogP contribution < -0.4 is 5.73 Å². The summed E-state index contributed by atoms with van der Waals surface area (Å²) in [6.45, 7) is 2.14. The molecule has 0 radical (unpaired) electrons. The normalized spacial score (nSPS) is 14.8. The first-order valence-electron chi connectivity index (χ1n) is 7.18. The van der Waals surface area contributed by atoms with Gasteiger partial charge in [0.25, 0.3) is 0 Å². The number of nitrogens with two attached hydrogens (primary N) is 1. The van der Waals surface area contributed by atoms with E-state index in [0.717, 1.165) is 27.0 Å². The van der Waals surface area contributed by atoms with Gasteiger partial charge in [0, 0.05) is 16.1 Å². The maximum atomic E-state index is 5.91. The number of hydrogen-bond donors (Lipinski definition) is 1. The summed E-state index contributed by atoms with van der Waals surface area (Å²) in [4.78, 5) is 4.85. The molecule has 3 nitrogen and oxygen atoms in total. The third kappa shape index (κ3) is 2.05. The highest BCUT2D eigenvalue weighted by Gasteiger charge is 2.30. The highest BCUT2D eigenvalue weighted by atomic mass is 79.9. The molecular weight excluding hydrogens is 326 g/mol. The lowest BCUT2D eigenvalue weighted by atomic mass is 10.2. The van der Waals surface area contributed by atoms with E-state index in [-0.39, 0.29) is 0 Å². The van der Waals surface area contributed by atoms with Crippen molar-refractivity contribution in [1.29, 1.82) is 0 Å². The molecule has 4 rings (SSSR count). The molecule has 1 fully saturated rings. The molecule has 0 aliphatic heterocycles. The summed E-state index contributed by atoms with van der Waals surface area (Å²) >= 11 is 3.63. The molecule has 2 N–H and O–H groups in total. The van der Waals surface area contributed by atoms with Crippen molar-refractivity contribution in [2.24, 2.45) is 0 Å². The Morgan fingerprint density at radius 3 is 2.81 bits per heavy atom. The molecule has 0 bridgehead atoms. The Morgan fingerprint density at radius 1 is 1.24 bits per heavy atom. The van der Waals surface area contributed by atoms with Gasteiger partial charge in [0.2, 0.25) is 0 Å². The maximum Gasteiger partial charge on any atom is 0.117 e. The third-order valence-corrected chi connectivity index (χ3v) is 4.99. The van der Waals surface area contributed by atoms with Crippen molar-refractivity contribution in [3.8, 4) is 5.69 Å². The fourth-order valence-corrected chi connectivity index (χ4v) is 3.18. The van der Waals surface area contributed by atoms with E-state index < -0.39 is 0 Å². The van der Waals surface area contributed by atoms with Gasteiger partial charge in [0.1, 0.15) is 5.82 Å². The first-order chi connectivity index (χ1) is 10.1. The monoisotopic (exact) mass is 341 g/mol. The molecule has 1 saturated carbocycles. The first-order valence-corrected chi connectivity index (χ1v) is 7.98. The Morgan fingerprint density at radius 2 is 2.05 bits per heavy atom. The number of nitrogens with zero attached hydrogens (tertiary/aromatic N) is 2. The number of imidazole rings is 1. The van der Waals surface area contributed by atoms with Gasteiger partial charge in [-0.3, -0.25) is 4.57 Å². The lowest BCUT2D eigenvalue weighted by Crippen LogP contribution is -2.02. The first kappa shape index (κ1) is 12.9. The number of anilines is 1. The van der Waals surface area contributed by atoms with E-state index in [1.165, 1.54) is 24.1 Å². The number of fused-ring (bicyclic) bond motifs is 1. The second-order valence-electron chi connectivity index (χ2n) is 5.71. The summed E-state index contributed by atoms with van der Waals surface area (Å²) in [5, 5.41) is 0. The summed E-state index contributed by atoms with van der Waals surface area (Å²) in [6.07, 6.45) is 2.46. The number of benzene rings is 2. The molecule has 4 heteroatoms. The number of nitrogen functional groups attached to an aromatic ring is 1. The molecule has 0 atom stereocenters. The average molecular weight is 342 g/mol. The van der Waals surface area contributed by atoms with Crippen LogP contribution in [0.5, 0.6) is 0 Å². The van der Waals surface area contributed by atoms with E-state index in [1.807, 2.05) is 12.1 Å². The van der Waals surface area contributed by atoms with Gasteiger partial charge in [0.15, 0.2) is 0 Å². The molecule has 3 aromatic rings. The van der Waals surface area contributed by atoms with Gasteiger partial charge in [-0.1, -0.05) is 22.0 Å². The van der Waals surface area contributed by atoms with Crippen LogP contribution in [0.4, 0.5) is 5.69 Å². The molecule has 1 aliphatic carbocycles. The SMILES string of the molecule is Cc1c(Br)cccc1-n1c(C2CC2)nc2cc(N)ccc21. The standard InChI is InChI=1S/C17H16BrN3/c1-10-13(18)3-2-4-15(10)21-16-8-7-12(19)9-14(16)20-17(21)11-5-6-11/h2-4,7-9,11H,5-6,19H2,1H3. The molecule has 21 heavy (non-hydrogen) atoms. The summed E-state index contributed by atoms with van der Waals surface area (Å²) in [6, 6.07) is 12.3. The molecule has 2 aromatic carbocycles. The van der Waals surface area contributed by atoms with Gasteiger partial charge in [-0.05, 0) is 55.7 Å². The Labute approximate surface area is 131 Å². The van der Waals surface area contributed by atoms with E-state index in [1.54, 1.807) is 0 Å². The minimum Gasteiger partial charge on any atom is -0.399 e. The molecule has 0 saturated heterocycles. The predicted molar refractivity (Wildman–Crippen MR) is 89.9 cm³/mol. The Balaban J connectivity index is 2.06. The van der Waals surface area contributed by atoms with Crippen LogP contribution in [-0.2, 0) is 0 Å². The third-order valence-electron chi connectivity index (χ3n) is 4.13. The van der Waals surface area contributed by atoms with Crippen LogP contribution in [0.15, 0.2) is 40.9 Å². The van der Waals surface area contributed by atoms with Crippen molar-refractivity contribution in [2.75, 3.05) is 5.73 Å². The summed E-state index contributed by atoms with van der Waals surface area (Å²) in [7, 11) is 0. The largest absolute Gasteiger partial charge is 0.399 e. The van der Waals surface area contributed by atoms with E-state index in [4.69, 9.17) is 10.7 Å². The molecule has 0 amide bonds. The van der Waals surface area contributed by atoms with E-state index >= 15 is 0 Å². The van der Waals surface area contributed by atoms with E-state index in [9.17, 15) is 0 Å². The van der Waals surface area contributed by atoms with Crippen molar-refractivity contribution in [3.05, 3.63) is 52.3 Å². The number of aromatic nitrogens is 2. The zero-order valence-electron chi connectivity index (χ0n) is 11.8. The minimum atomic E-state index is 0.581. The zero-order valence-corrected chi connectivity index (χ0v) is 13.4. The van der Waals surface area contributed by atoms with E-state index in [2.05, 4.69) is 51.7 Å². The smallest absolute Gasteiger partial charge is 0.117 e. The Hall–Kier alpha value is -1.81. The fourth-order valence-electron chi connectivity index (χ4n) is 2.82. The molecule has 0 unspecified atom stereocenters. The molecule has 1 aliphatic rings. The molecule has 106 valence electrons. The van der Waals surface area contributed by atoms with Crippen LogP contribution in [0.2, 0.25) is 0 Å². The predicted octanol–water partition coefficient (Wildman–Crippen LogP) is 4.56. The average Bonchev–Trinajstić information content (AvgIpc) is 3.24. The highest BCUT2D eigenvalue weighted by molar-refractivity contribution is 9.10. The number of halogens is 1. The quantitative estimate of drug-likeness (QED) is 0.694. The summed E-state index contributed by atoms with van der Waals surface area (Å²) < 4.78 is 3.42. The molecule has 1 aromatic heterocycles. The minimum absolute atomic E-state index is 0.581. The van der Waals surface area contributed by atoms with Gasteiger partial charge in [0.05, 0.1) is 16.7 Å². The summed E-state index contributed by atoms with van der Waals surface area (Å²) in [5.74, 6) is 1.74. The second kappa shape index (κ2) is 4.60. The van der Waals surface area contributed by atoms with Crippen molar-refractivity contribution in [1.82, 2.24) is 9.55 Å². The molecular formula is C17H16BrN3. The van der Waals surface area contributed by atoms with Crippen LogP contribution in [0, 0.1) is 6.92 Å². The van der Waals surface area contributed by atoms with Crippen molar-refractivity contribution < 1.29 is 0 Å². The van der Waals surface area contributed by atoms with Gasteiger partial charge in [-0.15, -0.1) is 0 Å². The summed E-state index contributed by atoms with van der Waals surface area (Å²) in [5.41, 5.74) is 11.2. The second-order valence-corrected chi connectivity index (χ2v) is 6.57.